The van der Waals surface area contributed by atoms with Gasteiger partial charge in [-0.05, 0) is 24.6 Å². The number of carbonyl (C=O) groups excluding carboxylic acids is 1. The zero-order valence-corrected chi connectivity index (χ0v) is 11.3. The van der Waals surface area contributed by atoms with Crippen molar-refractivity contribution in [1.82, 2.24) is 5.32 Å². The molecular formula is C13H13F4NO4. The first-order valence-electron chi connectivity index (χ1n) is 6.00. The molecule has 2 atom stereocenters. The van der Waals surface area contributed by atoms with E-state index in [0.29, 0.717) is 12.1 Å². The minimum atomic E-state index is -4.58. The highest BCUT2D eigenvalue weighted by molar-refractivity contribution is 5.83. The maximum atomic E-state index is 13.8. The van der Waals surface area contributed by atoms with Gasteiger partial charge in [-0.1, -0.05) is 12.1 Å². The number of hydrogen-bond donors (Lipinski definition) is 3. The largest absolute Gasteiger partial charge is 0.479 e. The molecule has 0 radical (unpaired) electrons. The molecule has 1 aromatic carbocycles. The summed E-state index contributed by atoms with van der Waals surface area (Å²) in [5, 5.41) is 19.9. The molecule has 0 spiro atoms. The highest BCUT2D eigenvalue weighted by Crippen LogP contribution is 2.30. The lowest BCUT2D eigenvalue weighted by atomic mass is 10.1. The molecule has 0 heterocycles. The number of carbonyl (C=O) groups is 2. The molecule has 3 N–H and O–H groups in total. The van der Waals surface area contributed by atoms with Gasteiger partial charge in [0.05, 0.1) is 12.1 Å². The van der Waals surface area contributed by atoms with Gasteiger partial charge in [-0.15, -0.1) is 0 Å². The molecule has 1 amide bonds. The van der Waals surface area contributed by atoms with Crippen LogP contribution in [0.1, 0.15) is 24.2 Å². The third kappa shape index (κ3) is 4.42. The lowest BCUT2D eigenvalue weighted by Gasteiger charge is -2.19. The molecule has 22 heavy (non-hydrogen) atoms. The number of amides is 1. The Morgan fingerprint density at radius 2 is 1.73 bits per heavy atom. The number of aliphatic carboxylic acids is 1. The Kier molecular flexibility index (Phi) is 5.13. The molecule has 0 aromatic heterocycles. The maximum absolute atomic E-state index is 13.8. The lowest BCUT2D eigenvalue weighted by molar-refractivity contribution is -0.156. The first kappa shape index (κ1) is 17.9. The number of nitrogens with one attached hydrogen (secondary N) is 1. The molecule has 0 saturated carbocycles. The van der Waals surface area contributed by atoms with Gasteiger partial charge in [-0.3, -0.25) is 4.79 Å². The van der Waals surface area contributed by atoms with Gasteiger partial charge in [0.15, 0.2) is 5.60 Å². The molecule has 0 aliphatic heterocycles. The predicted octanol–water partition coefficient (Wildman–Crippen LogP) is 1.67. The van der Waals surface area contributed by atoms with Crippen molar-refractivity contribution in [3.8, 4) is 0 Å². The van der Waals surface area contributed by atoms with E-state index >= 15 is 0 Å². The van der Waals surface area contributed by atoms with E-state index in [4.69, 9.17) is 5.11 Å². The molecule has 122 valence electrons. The number of halogens is 4. The van der Waals surface area contributed by atoms with Gasteiger partial charge in [0, 0.05) is 0 Å². The second-order valence-electron chi connectivity index (χ2n) is 4.78. The SMILES string of the molecule is CC(O)(CNC(=O)C(F)c1ccc(C(F)(F)F)cc1)C(=O)O. The fraction of sp³-hybridized carbons (Fsp3) is 0.385. The van der Waals surface area contributed by atoms with Crippen LogP contribution in [0, 0.1) is 0 Å². The molecule has 0 aliphatic rings. The van der Waals surface area contributed by atoms with E-state index < -0.39 is 41.9 Å². The summed E-state index contributed by atoms with van der Waals surface area (Å²) in [6.45, 7) is 0.156. The van der Waals surface area contributed by atoms with Crippen molar-refractivity contribution in [2.45, 2.75) is 24.9 Å². The average Bonchev–Trinajstić information content (AvgIpc) is 2.43. The summed E-state index contributed by atoms with van der Waals surface area (Å²) in [5.74, 6) is -2.88. The maximum Gasteiger partial charge on any atom is 0.416 e. The van der Waals surface area contributed by atoms with E-state index in [0.717, 1.165) is 19.1 Å². The van der Waals surface area contributed by atoms with Crippen LogP contribution in [0.15, 0.2) is 24.3 Å². The van der Waals surface area contributed by atoms with Gasteiger partial charge >= 0.3 is 12.1 Å². The average molecular weight is 323 g/mol. The van der Waals surface area contributed by atoms with Crippen molar-refractivity contribution < 1.29 is 37.4 Å². The molecule has 5 nitrogen and oxygen atoms in total. The van der Waals surface area contributed by atoms with E-state index in [1.54, 1.807) is 0 Å². The van der Waals surface area contributed by atoms with E-state index in [9.17, 15) is 32.3 Å². The van der Waals surface area contributed by atoms with Crippen molar-refractivity contribution in [1.29, 1.82) is 0 Å². The minimum absolute atomic E-state index is 0.319. The Morgan fingerprint density at radius 1 is 1.23 bits per heavy atom. The summed E-state index contributed by atoms with van der Waals surface area (Å²) in [7, 11) is 0. The van der Waals surface area contributed by atoms with Crippen LogP contribution < -0.4 is 5.32 Å². The van der Waals surface area contributed by atoms with Gasteiger partial charge in [0.25, 0.3) is 5.91 Å². The van der Waals surface area contributed by atoms with Crippen molar-refractivity contribution in [3.05, 3.63) is 35.4 Å². The number of carboxylic acids is 1. The highest BCUT2D eigenvalue weighted by atomic mass is 19.4. The molecule has 0 bridgehead atoms. The molecule has 9 heteroatoms. The normalized spacial score (nSPS) is 15.7. The first-order valence-corrected chi connectivity index (χ1v) is 6.00. The van der Waals surface area contributed by atoms with Crippen LogP contribution in [0.25, 0.3) is 0 Å². The van der Waals surface area contributed by atoms with Crippen LogP contribution in [0.3, 0.4) is 0 Å². The number of benzene rings is 1. The Bertz CT molecular complexity index is 554. The zero-order valence-electron chi connectivity index (χ0n) is 11.3. The smallest absolute Gasteiger partial charge is 0.416 e. The second kappa shape index (κ2) is 6.30. The Labute approximate surface area is 122 Å². The van der Waals surface area contributed by atoms with Gasteiger partial charge in [0.1, 0.15) is 0 Å². The summed E-state index contributed by atoms with van der Waals surface area (Å²) in [4.78, 5) is 22.1. The van der Waals surface area contributed by atoms with Crippen LogP contribution in [-0.2, 0) is 15.8 Å². The Hall–Kier alpha value is -2.16. The van der Waals surface area contributed by atoms with Crippen molar-refractivity contribution >= 4 is 11.9 Å². The van der Waals surface area contributed by atoms with Gasteiger partial charge in [-0.25, -0.2) is 9.18 Å². The topological polar surface area (TPSA) is 86.6 Å². The number of alkyl halides is 4. The molecule has 1 aromatic rings. The molecule has 0 fully saturated rings. The number of hydrogen-bond acceptors (Lipinski definition) is 3. The van der Waals surface area contributed by atoms with Crippen molar-refractivity contribution in [2.75, 3.05) is 6.54 Å². The molecule has 1 rings (SSSR count). The van der Waals surface area contributed by atoms with E-state index in [1.807, 2.05) is 5.32 Å². The number of carboxylic acid groups (broad SMARTS) is 1. The summed E-state index contributed by atoms with van der Waals surface area (Å²) >= 11 is 0. The summed E-state index contributed by atoms with van der Waals surface area (Å²) in [6.07, 6.45) is -6.86. The van der Waals surface area contributed by atoms with E-state index in [1.165, 1.54) is 0 Å². The standard InChI is InChI=1S/C13H13F4NO4/c1-12(22,11(20)21)6-18-10(19)9(14)7-2-4-8(5-3-7)13(15,16)17/h2-5,9,22H,6H2,1H3,(H,18,19)(H,20,21). The lowest BCUT2D eigenvalue weighted by Crippen LogP contribution is -2.47. The van der Waals surface area contributed by atoms with Crippen LogP contribution >= 0.6 is 0 Å². The molecule has 2 unspecified atom stereocenters. The monoisotopic (exact) mass is 323 g/mol. The zero-order chi connectivity index (χ0) is 17.1. The predicted molar refractivity (Wildman–Crippen MR) is 66.6 cm³/mol. The van der Waals surface area contributed by atoms with Crippen LogP contribution in [0.4, 0.5) is 17.6 Å². The molecular weight excluding hydrogens is 310 g/mol. The third-order valence-corrected chi connectivity index (χ3v) is 2.83. The Balaban J connectivity index is 2.73. The second-order valence-corrected chi connectivity index (χ2v) is 4.78. The quantitative estimate of drug-likeness (QED) is 0.720. The summed E-state index contributed by atoms with van der Waals surface area (Å²) < 4.78 is 50.9. The Morgan fingerprint density at radius 3 is 2.14 bits per heavy atom. The van der Waals surface area contributed by atoms with Gasteiger partial charge < -0.3 is 15.5 Å². The van der Waals surface area contributed by atoms with Crippen LogP contribution in [0.5, 0.6) is 0 Å². The van der Waals surface area contributed by atoms with E-state index in [2.05, 4.69) is 0 Å². The van der Waals surface area contributed by atoms with Crippen molar-refractivity contribution in [3.63, 3.8) is 0 Å². The van der Waals surface area contributed by atoms with Crippen molar-refractivity contribution in [2.24, 2.45) is 0 Å². The molecule has 0 saturated heterocycles. The fourth-order valence-electron chi connectivity index (χ4n) is 1.42. The van der Waals surface area contributed by atoms with Gasteiger partial charge in [-0.2, -0.15) is 13.2 Å². The third-order valence-electron chi connectivity index (χ3n) is 2.83. The molecule has 0 aliphatic carbocycles. The van der Waals surface area contributed by atoms with Crippen LogP contribution in [0.2, 0.25) is 0 Å². The van der Waals surface area contributed by atoms with E-state index in [-0.39, 0.29) is 5.56 Å². The number of aliphatic hydroxyl groups is 1. The number of rotatable bonds is 5. The minimum Gasteiger partial charge on any atom is -0.479 e. The first-order chi connectivity index (χ1) is 9.95. The summed E-state index contributed by atoms with van der Waals surface area (Å²) in [5.41, 5.74) is -3.59. The summed E-state index contributed by atoms with van der Waals surface area (Å²) in [6, 6.07) is 2.87. The highest BCUT2D eigenvalue weighted by Gasteiger charge is 2.33. The van der Waals surface area contributed by atoms with Crippen LogP contribution in [-0.4, -0.2) is 34.2 Å². The fourth-order valence-corrected chi connectivity index (χ4v) is 1.42. The van der Waals surface area contributed by atoms with Gasteiger partial charge in [0.2, 0.25) is 6.17 Å².